The highest BCUT2D eigenvalue weighted by Crippen LogP contribution is 2.27. The Morgan fingerprint density at radius 2 is 1.76 bits per heavy atom. The molecule has 1 aliphatic rings. The minimum Gasteiger partial charge on any atom is -0.493 e. The Morgan fingerprint density at radius 3 is 2.45 bits per heavy atom. The molecule has 1 fully saturated rings. The summed E-state index contributed by atoms with van der Waals surface area (Å²) in [5.41, 5.74) is 1.79. The van der Waals surface area contributed by atoms with Gasteiger partial charge < -0.3 is 19.7 Å². The summed E-state index contributed by atoms with van der Waals surface area (Å²) in [6, 6.07) is 12.9. The van der Waals surface area contributed by atoms with Crippen molar-refractivity contribution in [3.63, 3.8) is 0 Å². The van der Waals surface area contributed by atoms with Crippen molar-refractivity contribution in [2.24, 2.45) is 0 Å². The highest BCUT2D eigenvalue weighted by molar-refractivity contribution is 6.30. The van der Waals surface area contributed by atoms with Crippen molar-refractivity contribution in [2.75, 3.05) is 40.4 Å². The Balaban J connectivity index is 1.28. The van der Waals surface area contributed by atoms with Crippen LogP contribution in [-0.2, 0) is 13.1 Å². The van der Waals surface area contributed by atoms with Crippen LogP contribution in [0.1, 0.15) is 11.4 Å². The second kappa shape index (κ2) is 10.5. The van der Waals surface area contributed by atoms with E-state index in [1.165, 1.54) is 0 Å². The number of ether oxygens (including phenoxy) is 2. The number of carbonyl (C=O) groups is 1. The van der Waals surface area contributed by atoms with Crippen LogP contribution >= 0.6 is 11.6 Å². The van der Waals surface area contributed by atoms with E-state index in [0.717, 1.165) is 30.2 Å². The van der Waals surface area contributed by atoms with E-state index in [2.05, 4.69) is 25.7 Å². The van der Waals surface area contributed by atoms with E-state index in [0.29, 0.717) is 42.7 Å². The topological polar surface area (TPSA) is 97.6 Å². The summed E-state index contributed by atoms with van der Waals surface area (Å²) in [4.78, 5) is 16.7. The van der Waals surface area contributed by atoms with Crippen LogP contribution in [0.2, 0.25) is 5.02 Å². The second-order valence-electron chi connectivity index (χ2n) is 7.59. The second-order valence-corrected chi connectivity index (χ2v) is 8.03. The third-order valence-corrected chi connectivity index (χ3v) is 5.77. The number of rotatable bonds is 7. The molecule has 2 heterocycles. The fourth-order valence-electron chi connectivity index (χ4n) is 3.68. The van der Waals surface area contributed by atoms with E-state index < -0.39 is 0 Å². The molecule has 1 N–H and O–H groups in total. The largest absolute Gasteiger partial charge is 0.493 e. The van der Waals surface area contributed by atoms with E-state index in [-0.39, 0.29) is 6.03 Å². The molecule has 10 nitrogen and oxygen atoms in total. The third kappa shape index (κ3) is 5.52. The lowest BCUT2D eigenvalue weighted by Crippen LogP contribution is -2.51. The molecule has 33 heavy (non-hydrogen) atoms. The van der Waals surface area contributed by atoms with Crippen molar-refractivity contribution in [3.8, 4) is 17.2 Å². The van der Waals surface area contributed by atoms with Gasteiger partial charge in [0.05, 0.1) is 26.5 Å². The molecule has 0 atom stereocenters. The molecule has 0 aliphatic carbocycles. The lowest BCUT2D eigenvalue weighted by molar-refractivity contribution is 0.132. The Hall–Kier alpha value is -3.37. The molecule has 3 aromatic rings. The minimum absolute atomic E-state index is 0.0876. The van der Waals surface area contributed by atoms with E-state index in [1.54, 1.807) is 18.9 Å². The summed E-state index contributed by atoms with van der Waals surface area (Å²) < 4.78 is 12.3. The van der Waals surface area contributed by atoms with Gasteiger partial charge in [0.15, 0.2) is 17.3 Å². The Labute approximate surface area is 197 Å². The predicted molar refractivity (Wildman–Crippen MR) is 123 cm³/mol. The quantitative estimate of drug-likeness (QED) is 0.564. The van der Waals surface area contributed by atoms with Crippen LogP contribution in [0.15, 0.2) is 42.5 Å². The summed E-state index contributed by atoms with van der Waals surface area (Å²) in [6.07, 6.45) is 0. The van der Waals surface area contributed by atoms with Crippen LogP contribution in [-0.4, -0.2) is 76.4 Å². The Kier molecular flexibility index (Phi) is 7.26. The molecule has 2 amide bonds. The van der Waals surface area contributed by atoms with Crippen molar-refractivity contribution in [3.05, 3.63) is 58.9 Å². The number of nitrogens with one attached hydrogen (secondary N) is 1. The first-order chi connectivity index (χ1) is 16.1. The lowest BCUT2D eigenvalue weighted by Gasteiger charge is -2.34. The zero-order valence-corrected chi connectivity index (χ0v) is 19.3. The third-order valence-electron chi connectivity index (χ3n) is 5.52. The zero-order valence-electron chi connectivity index (χ0n) is 18.6. The first-order valence-electron chi connectivity index (χ1n) is 10.6. The van der Waals surface area contributed by atoms with Gasteiger partial charge in [-0.05, 0) is 52.4 Å². The predicted octanol–water partition coefficient (Wildman–Crippen LogP) is 2.36. The van der Waals surface area contributed by atoms with Gasteiger partial charge in [0.25, 0.3) is 0 Å². The zero-order chi connectivity index (χ0) is 23.2. The number of urea groups is 1. The number of hydrogen-bond donors (Lipinski definition) is 1. The highest BCUT2D eigenvalue weighted by Gasteiger charge is 2.23. The maximum atomic E-state index is 12.6. The molecular formula is C22H26ClN7O3. The molecule has 2 aromatic carbocycles. The number of halogens is 1. The number of nitrogens with zero attached hydrogens (tertiary/aromatic N) is 6. The minimum atomic E-state index is -0.0876. The lowest BCUT2D eigenvalue weighted by atomic mass is 10.2. The fraction of sp³-hybridized carbons (Fsp3) is 0.364. The maximum Gasteiger partial charge on any atom is 0.317 e. The van der Waals surface area contributed by atoms with E-state index in [1.807, 2.05) is 47.4 Å². The molecule has 1 saturated heterocycles. The van der Waals surface area contributed by atoms with E-state index >= 15 is 0 Å². The van der Waals surface area contributed by atoms with Gasteiger partial charge in [0.2, 0.25) is 0 Å². The number of piperazine rings is 1. The van der Waals surface area contributed by atoms with Crippen molar-refractivity contribution in [1.29, 1.82) is 0 Å². The average molecular weight is 472 g/mol. The van der Waals surface area contributed by atoms with Crippen LogP contribution in [0, 0.1) is 0 Å². The first kappa shape index (κ1) is 22.8. The molecule has 1 aromatic heterocycles. The Morgan fingerprint density at radius 1 is 1.03 bits per heavy atom. The summed E-state index contributed by atoms with van der Waals surface area (Å²) in [6.45, 7) is 3.72. The van der Waals surface area contributed by atoms with Gasteiger partial charge in [0.1, 0.15) is 0 Å². The molecule has 4 rings (SSSR count). The Bertz CT molecular complexity index is 1080. The number of aromatic nitrogens is 4. The molecule has 0 unspecified atom stereocenters. The number of methoxy groups -OCH3 is 2. The molecule has 1 aliphatic heterocycles. The standard InChI is InChI=1S/C22H26ClN7O3/c1-32-19-8-3-16(13-20(19)33-2)14-24-22(31)29-11-9-28(10-12-29)15-21-25-26-27-30(21)18-6-4-17(23)5-7-18/h3-8,13H,9-12,14-15H2,1-2H3,(H,24,31). The van der Waals surface area contributed by atoms with Gasteiger partial charge in [-0.3, -0.25) is 4.90 Å². The number of tetrazole rings is 1. The number of benzene rings is 2. The fourth-order valence-corrected chi connectivity index (χ4v) is 3.80. The normalized spacial score (nSPS) is 14.2. The SMILES string of the molecule is COc1ccc(CNC(=O)N2CCN(Cc3nnnn3-c3ccc(Cl)cc3)CC2)cc1OC. The summed E-state index contributed by atoms with van der Waals surface area (Å²) in [7, 11) is 3.19. The summed E-state index contributed by atoms with van der Waals surface area (Å²) in [5.74, 6) is 2.04. The van der Waals surface area contributed by atoms with Crippen molar-refractivity contribution >= 4 is 17.6 Å². The number of hydrogen-bond acceptors (Lipinski definition) is 7. The molecule has 0 saturated carbocycles. The van der Waals surface area contributed by atoms with E-state index in [9.17, 15) is 4.79 Å². The van der Waals surface area contributed by atoms with Crippen LogP contribution in [0.4, 0.5) is 4.79 Å². The van der Waals surface area contributed by atoms with Crippen LogP contribution in [0.25, 0.3) is 5.69 Å². The summed E-state index contributed by atoms with van der Waals surface area (Å²) in [5, 5.41) is 15.7. The van der Waals surface area contributed by atoms with Crippen LogP contribution in [0.5, 0.6) is 11.5 Å². The molecule has 0 spiro atoms. The van der Waals surface area contributed by atoms with Gasteiger partial charge in [0, 0.05) is 37.7 Å². The average Bonchev–Trinajstić information content (AvgIpc) is 3.31. The van der Waals surface area contributed by atoms with Gasteiger partial charge in [-0.1, -0.05) is 17.7 Å². The molecule has 11 heteroatoms. The van der Waals surface area contributed by atoms with Crippen molar-refractivity contribution in [2.45, 2.75) is 13.1 Å². The number of carbonyl (C=O) groups excluding carboxylic acids is 1. The van der Waals surface area contributed by atoms with Crippen LogP contribution < -0.4 is 14.8 Å². The highest BCUT2D eigenvalue weighted by atomic mass is 35.5. The first-order valence-corrected chi connectivity index (χ1v) is 10.9. The van der Waals surface area contributed by atoms with Gasteiger partial charge in [-0.25, -0.2) is 4.79 Å². The van der Waals surface area contributed by atoms with Crippen molar-refractivity contribution in [1.82, 2.24) is 35.3 Å². The van der Waals surface area contributed by atoms with Crippen molar-refractivity contribution < 1.29 is 14.3 Å². The smallest absolute Gasteiger partial charge is 0.317 e. The molecule has 0 radical (unpaired) electrons. The monoisotopic (exact) mass is 471 g/mol. The van der Waals surface area contributed by atoms with Crippen LogP contribution in [0.3, 0.4) is 0 Å². The van der Waals surface area contributed by atoms with E-state index in [4.69, 9.17) is 21.1 Å². The molecule has 174 valence electrons. The van der Waals surface area contributed by atoms with Gasteiger partial charge >= 0.3 is 6.03 Å². The van der Waals surface area contributed by atoms with Gasteiger partial charge in [-0.2, -0.15) is 4.68 Å². The summed E-state index contributed by atoms with van der Waals surface area (Å²) >= 11 is 5.97. The molecule has 0 bridgehead atoms. The number of amides is 2. The maximum absolute atomic E-state index is 12.6. The molecular weight excluding hydrogens is 446 g/mol. The van der Waals surface area contributed by atoms with Gasteiger partial charge in [-0.15, -0.1) is 5.10 Å².